The molecule has 580 valence electrons. The quantitative estimate of drug-likeness (QED) is 0.139. The Kier molecular flexibility index (Phi) is 32.1. The zero-order valence-electron chi connectivity index (χ0n) is 64.9. The summed E-state index contributed by atoms with van der Waals surface area (Å²) in [6.45, 7) is 24.2. The van der Waals surface area contributed by atoms with Crippen molar-refractivity contribution >= 4 is 5.91 Å². The molecule has 5 aliphatic heterocycles. The van der Waals surface area contributed by atoms with E-state index in [4.69, 9.17) is 9.47 Å². The van der Waals surface area contributed by atoms with E-state index in [2.05, 4.69) is 142 Å². The fourth-order valence-corrected chi connectivity index (χ4v) is 18.8. The number of ether oxygens (including phenoxy) is 2. The number of nitrogens with one attached hydrogen (secondary N) is 2. The minimum atomic E-state index is -4.54. The molecule has 15 nitrogen and oxygen atoms in total. The molecule has 7 aliphatic rings. The van der Waals surface area contributed by atoms with Gasteiger partial charge in [-0.1, -0.05) is 76.8 Å². The van der Waals surface area contributed by atoms with Gasteiger partial charge in [-0.3, -0.25) is 29.3 Å². The largest absolute Gasteiger partial charge is 0.496 e. The monoisotopic (exact) mass is 1440 g/mol. The van der Waals surface area contributed by atoms with Crippen molar-refractivity contribution in [3.8, 4) is 5.75 Å². The van der Waals surface area contributed by atoms with E-state index in [9.17, 15) is 26.3 Å². The predicted octanol–water partition coefficient (Wildman–Crippen LogP) is 12.2. The average Bonchev–Trinajstić information content (AvgIpc) is 1.10. The smallest absolute Gasteiger partial charge is 0.419 e. The van der Waals surface area contributed by atoms with Gasteiger partial charge in [0.25, 0.3) is 0 Å². The number of aryl methyl sites for hydroxylation is 1. The lowest BCUT2D eigenvalue weighted by Gasteiger charge is -2.53. The van der Waals surface area contributed by atoms with Crippen molar-refractivity contribution in [3.05, 3.63) is 76.9 Å². The minimum Gasteiger partial charge on any atom is -0.496 e. The van der Waals surface area contributed by atoms with Gasteiger partial charge in [0, 0.05) is 165 Å². The van der Waals surface area contributed by atoms with Crippen LogP contribution in [0.15, 0.2) is 54.6 Å². The molecule has 1 amide bonds. The number of piperidine rings is 1. The number of fused-ring (bicyclic) bond motifs is 4. The van der Waals surface area contributed by atoms with E-state index in [0.29, 0.717) is 87.4 Å². The minimum absolute atomic E-state index is 0.0109. The molecule has 21 heteroatoms. The topological polar surface area (TPSA) is 92.0 Å². The number of rotatable bonds is 14. The van der Waals surface area contributed by atoms with Crippen molar-refractivity contribution in [2.45, 2.75) is 247 Å². The van der Waals surface area contributed by atoms with E-state index in [1.54, 1.807) is 24.3 Å². The van der Waals surface area contributed by atoms with Gasteiger partial charge >= 0.3 is 12.4 Å². The highest BCUT2D eigenvalue weighted by Crippen LogP contribution is 2.42. The number of nitrogens with zero attached hydrogens (tertiary/aromatic N) is 10. The molecule has 12 atom stereocenters. The maximum absolute atomic E-state index is 15.2. The molecule has 2 aromatic carbocycles. The number of hydrogen-bond acceptors (Lipinski definition) is 14. The summed E-state index contributed by atoms with van der Waals surface area (Å²) >= 11 is 0. The number of alkyl halides is 6. The number of benzene rings is 2. The zero-order valence-corrected chi connectivity index (χ0v) is 64.9. The van der Waals surface area contributed by atoms with Crippen LogP contribution in [0.2, 0.25) is 0 Å². The summed E-state index contributed by atoms with van der Waals surface area (Å²) < 4.78 is 96.7. The van der Waals surface area contributed by atoms with Gasteiger partial charge in [-0.25, -0.2) is 0 Å². The second-order valence-corrected chi connectivity index (χ2v) is 32.8. The first-order valence-corrected chi connectivity index (χ1v) is 40.2. The summed E-state index contributed by atoms with van der Waals surface area (Å²) in [6.07, 6.45) is 18.4. The fourth-order valence-electron chi connectivity index (χ4n) is 18.8. The number of hydrogen-bond donors (Lipinski definition) is 2. The Morgan fingerprint density at radius 1 is 0.637 bits per heavy atom. The number of amides is 1. The van der Waals surface area contributed by atoms with Crippen LogP contribution >= 0.6 is 0 Å². The summed E-state index contributed by atoms with van der Waals surface area (Å²) in [4.78, 5) is 41.0. The Balaban J connectivity index is 1.03. The lowest BCUT2D eigenvalue weighted by atomic mass is 9.74. The molecule has 0 radical (unpaired) electrons. The molecule has 1 unspecified atom stereocenters. The molecule has 6 fully saturated rings. The SMILES string of the molecule is CCC[C@H]1CN[C@@H]([C@@H](C)CC)CN2CCC[C@H]2CN(C)[C@H]2C/C=C\CCN(C2)[C@@H](Cc2ccc(C(F)(F)F)cc2)CN(C)CCN[C@@H](CCc2ccc(C(F)(F)F)c(OC)c2)CN2C[C@H](OCC)C[C@H]2CN(C)C2(CCC2)CN(C)[C@@H](C2CCCC2)CN(C)[C@H](C(=O)N2CCCCC2)CCN1C. The van der Waals surface area contributed by atoms with E-state index < -0.39 is 23.5 Å². The summed E-state index contributed by atoms with van der Waals surface area (Å²) in [7, 11) is 15.1. The number of carbonyl (C=O) groups excluding carboxylic acids is 1. The third-order valence-electron chi connectivity index (χ3n) is 25.6. The standard InChI is InChI=1S/C81H136F6N12O3/c1-12-25-67-51-89-74(61(4)13-2)58-98-45-23-29-69(98)54-92(7)68-28-17-15-20-44-97(56-68)70(48-62-30-34-65(35-31-62)80(82,83)84)53-90(5)47-41-88-66(36-32-63-33-37-73(81(85,86)87)77(49-63)101-11)52-99-57-72(102-14-3)50-71(99)55-95(10)79(39-24-40-79)60-94(9)76(64-26-18-19-27-64)59-93(8)75(38-46-91(67)6)78(100)96-42-21-16-22-43-96/h15,17,30-31,33-35,37,49,61,64,66-72,74-76,88-89H,12-14,16,18-29,32,36,38-48,50-60H2,1-11H3/b17-15-/t61-,66-,67-,68-,69-,70-,71-,72+,74+,75-,76+/m0/s1. The van der Waals surface area contributed by atoms with Gasteiger partial charge in [0.2, 0.25) is 5.91 Å². The molecule has 2 saturated carbocycles. The van der Waals surface area contributed by atoms with E-state index in [1.807, 2.05) is 0 Å². The van der Waals surface area contributed by atoms with Crippen LogP contribution in [0, 0.1) is 11.8 Å². The number of likely N-dealkylation sites (N-methyl/N-ethyl adjacent to an activating group) is 6. The summed E-state index contributed by atoms with van der Waals surface area (Å²) in [5.74, 6) is 1.18. The number of likely N-dealkylation sites (tertiary alicyclic amines) is 1. The number of methoxy groups -OCH3 is 1. The maximum Gasteiger partial charge on any atom is 0.419 e. The lowest BCUT2D eigenvalue weighted by molar-refractivity contribution is -0.139. The van der Waals surface area contributed by atoms with Gasteiger partial charge in [0.1, 0.15) is 5.75 Å². The normalized spacial score (nSPS) is 31.2. The number of carbonyl (C=O) groups is 1. The van der Waals surface area contributed by atoms with Crippen molar-refractivity contribution < 1.29 is 40.6 Å². The highest BCUT2D eigenvalue weighted by molar-refractivity contribution is 5.82. The predicted molar refractivity (Wildman–Crippen MR) is 403 cm³/mol. The van der Waals surface area contributed by atoms with Crippen molar-refractivity contribution in [2.75, 3.05) is 167 Å². The molecule has 9 rings (SSSR count). The zero-order chi connectivity index (χ0) is 73.1. The Bertz CT molecular complexity index is 2800. The molecule has 0 aromatic heterocycles. The first-order valence-electron chi connectivity index (χ1n) is 40.2. The van der Waals surface area contributed by atoms with Crippen LogP contribution in [-0.2, 0) is 34.7 Å². The molecule has 4 saturated heterocycles. The molecular formula is C81H136F6N12O3. The fraction of sp³-hybridized carbons (Fsp3) is 0.815. The third kappa shape index (κ3) is 23.3. The highest BCUT2D eigenvalue weighted by Gasteiger charge is 2.47. The van der Waals surface area contributed by atoms with Crippen LogP contribution in [-0.4, -0.2) is 288 Å². The van der Waals surface area contributed by atoms with Crippen LogP contribution < -0.4 is 15.4 Å². The lowest BCUT2D eigenvalue weighted by Crippen LogP contribution is -2.63. The molecule has 2 N–H and O–H groups in total. The van der Waals surface area contributed by atoms with Gasteiger partial charge in [-0.05, 0) is 219 Å². The van der Waals surface area contributed by atoms with E-state index in [-0.39, 0.29) is 47.6 Å². The third-order valence-corrected chi connectivity index (χ3v) is 25.6. The van der Waals surface area contributed by atoms with Crippen molar-refractivity contribution in [1.29, 1.82) is 0 Å². The number of halogens is 6. The van der Waals surface area contributed by atoms with Crippen molar-refractivity contribution in [3.63, 3.8) is 0 Å². The molecule has 102 heavy (non-hydrogen) atoms. The van der Waals surface area contributed by atoms with Gasteiger partial charge in [-0.15, -0.1) is 0 Å². The van der Waals surface area contributed by atoms with Gasteiger partial charge < -0.3 is 44.6 Å². The van der Waals surface area contributed by atoms with Crippen LogP contribution in [0.3, 0.4) is 0 Å². The molecular weight excluding hydrogens is 1300 g/mol. The Morgan fingerprint density at radius 2 is 1.38 bits per heavy atom. The van der Waals surface area contributed by atoms with Crippen LogP contribution in [0.4, 0.5) is 26.3 Å². The highest BCUT2D eigenvalue weighted by atomic mass is 19.4. The van der Waals surface area contributed by atoms with Gasteiger partial charge in [-0.2, -0.15) is 26.3 Å². The Hall–Kier alpha value is -3.45. The van der Waals surface area contributed by atoms with Gasteiger partial charge in [0.15, 0.2) is 0 Å². The maximum atomic E-state index is 15.2. The van der Waals surface area contributed by atoms with Crippen LogP contribution in [0.1, 0.15) is 178 Å². The molecule has 2 aromatic rings. The van der Waals surface area contributed by atoms with E-state index >= 15 is 4.79 Å². The van der Waals surface area contributed by atoms with Crippen molar-refractivity contribution in [2.24, 2.45) is 11.8 Å². The summed E-state index contributed by atoms with van der Waals surface area (Å²) in [5, 5.41) is 8.25. The van der Waals surface area contributed by atoms with Crippen LogP contribution in [0.5, 0.6) is 5.75 Å². The second-order valence-electron chi connectivity index (χ2n) is 32.8. The van der Waals surface area contributed by atoms with Gasteiger partial charge in [0.05, 0.1) is 30.4 Å². The average molecular weight is 1440 g/mol. The van der Waals surface area contributed by atoms with Crippen molar-refractivity contribution in [1.82, 2.24) is 59.6 Å². The van der Waals surface area contributed by atoms with E-state index in [0.717, 1.165) is 186 Å². The first-order chi connectivity index (χ1) is 48.9. The first kappa shape index (κ1) is 82.6. The summed E-state index contributed by atoms with van der Waals surface area (Å²) in [6, 6.07) is 11.7. The summed E-state index contributed by atoms with van der Waals surface area (Å²) in [5.41, 5.74) is 0.244. The Morgan fingerprint density at radius 3 is 2.06 bits per heavy atom. The van der Waals surface area contributed by atoms with Crippen LogP contribution in [0.25, 0.3) is 0 Å². The second kappa shape index (κ2) is 39.6. The molecule has 2 bridgehead atoms. The molecule has 1 spiro atoms. The molecule has 5 heterocycles. The van der Waals surface area contributed by atoms with E-state index in [1.165, 1.54) is 64.2 Å². The Labute approximate surface area is 612 Å². The molecule has 2 aliphatic carbocycles.